The van der Waals surface area contributed by atoms with Crippen molar-refractivity contribution in [3.63, 3.8) is 0 Å². The second kappa shape index (κ2) is 8.65. The monoisotopic (exact) mass is 348 g/mol. The van der Waals surface area contributed by atoms with E-state index in [9.17, 15) is 9.59 Å². The van der Waals surface area contributed by atoms with E-state index >= 15 is 0 Å². The quantitative estimate of drug-likeness (QED) is 0.819. The van der Waals surface area contributed by atoms with Crippen molar-refractivity contribution in [2.24, 2.45) is 5.92 Å². The molecule has 1 aliphatic heterocycles. The molecule has 2 amide bonds. The number of piperazine rings is 1. The smallest absolute Gasteiger partial charge is 0.227 e. The number of carbonyl (C=O) groups excluding carboxylic acids is 2. The number of carbonyl (C=O) groups is 2. The molecule has 1 aromatic heterocycles. The standard InChI is InChI=1S/C19H28N2O2S/c22-18(9-8-16-5-2-1-3-6-16)20-10-12-21(13-11-20)19(23)15-17-7-4-14-24-17/h4,7,14,16H,1-3,5-6,8-13,15H2. The Bertz CT molecular complexity index is 530. The summed E-state index contributed by atoms with van der Waals surface area (Å²) in [6, 6.07) is 3.99. The van der Waals surface area contributed by atoms with Crippen LogP contribution in [0.15, 0.2) is 17.5 Å². The molecule has 3 rings (SSSR count). The van der Waals surface area contributed by atoms with Crippen molar-refractivity contribution >= 4 is 23.2 Å². The van der Waals surface area contributed by atoms with Gasteiger partial charge in [0.25, 0.3) is 0 Å². The molecule has 0 radical (unpaired) electrons. The van der Waals surface area contributed by atoms with Gasteiger partial charge in [0.15, 0.2) is 0 Å². The van der Waals surface area contributed by atoms with Crippen molar-refractivity contribution in [2.75, 3.05) is 26.2 Å². The first-order valence-corrected chi connectivity index (χ1v) is 10.2. The third kappa shape index (κ3) is 4.82. The Labute approximate surface area is 148 Å². The van der Waals surface area contributed by atoms with Gasteiger partial charge in [-0.2, -0.15) is 0 Å². The fourth-order valence-corrected chi connectivity index (χ4v) is 4.54. The zero-order valence-corrected chi connectivity index (χ0v) is 15.2. The van der Waals surface area contributed by atoms with Crippen LogP contribution in [0.2, 0.25) is 0 Å². The largest absolute Gasteiger partial charge is 0.339 e. The lowest BCUT2D eigenvalue weighted by Gasteiger charge is -2.35. The molecule has 0 atom stereocenters. The van der Waals surface area contributed by atoms with Crippen LogP contribution >= 0.6 is 11.3 Å². The van der Waals surface area contributed by atoms with E-state index in [2.05, 4.69) is 0 Å². The summed E-state index contributed by atoms with van der Waals surface area (Å²) in [5.41, 5.74) is 0. The molecule has 1 saturated heterocycles. The summed E-state index contributed by atoms with van der Waals surface area (Å²) >= 11 is 1.63. The first kappa shape index (κ1) is 17.5. The molecule has 0 spiro atoms. The van der Waals surface area contributed by atoms with Crippen LogP contribution in [0, 0.1) is 5.92 Å². The summed E-state index contributed by atoms with van der Waals surface area (Å²) in [6.07, 6.45) is 8.88. The average molecular weight is 349 g/mol. The SMILES string of the molecule is O=C(CCC1CCCCC1)N1CCN(C(=O)Cc2cccs2)CC1. The van der Waals surface area contributed by atoms with Crippen LogP contribution in [0.1, 0.15) is 49.8 Å². The third-order valence-corrected chi connectivity index (χ3v) is 6.26. The molecule has 1 saturated carbocycles. The Morgan fingerprint density at radius 2 is 1.67 bits per heavy atom. The molecule has 2 fully saturated rings. The van der Waals surface area contributed by atoms with E-state index in [1.165, 1.54) is 32.1 Å². The van der Waals surface area contributed by atoms with Crippen molar-refractivity contribution in [3.05, 3.63) is 22.4 Å². The first-order chi connectivity index (χ1) is 11.7. The maximum Gasteiger partial charge on any atom is 0.227 e. The lowest BCUT2D eigenvalue weighted by molar-refractivity contribution is -0.139. The van der Waals surface area contributed by atoms with Crippen LogP contribution in [0.3, 0.4) is 0 Å². The molecule has 0 N–H and O–H groups in total. The molecule has 1 aliphatic carbocycles. The van der Waals surface area contributed by atoms with Gasteiger partial charge in [0.05, 0.1) is 6.42 Å². The highest BCUT2D eigenvalue weighted by Gasteiger charge is 2.25. The van der Waals surface area contributed by atoms with Crippen molar-refractivity contribution in [3.8, 4) is 0 Å². The molecule has 2 aliphatic rings. The van der Waals surface area contributed by atoms with E-state index in [-0.39, 0.29) is 11.8 Å². The molecular weight excluding hydrogens is 320 g/mol. The number of thiophene rings is 1. The van der Waals surface area contributed by atoms with Gasteiger partial charge >= 0.3 is 0 Å². The van der Waals surface area contributed by atoms with Gasteiger partial charge in [0, 0.05) is 37.5 Å². The second-order valence-corrected chi connectivity index (χ2v) is 8.09. The summed E-state index contributed by atoms with van der Waals surface area (Å²) in [5.74, 6) is 1.23. The fraction of sp³-hybridized carbons (Fsp3) is 0.684. The molecule has 24 heavy (non-hydrogen) atoms. The van der Waals surface area contributed by atoms with Gasteiger partial charge in [0.2, 0.25) is 11.8 Å². The van der Waals surface area contributed by atoms with Crippen molar-refractivity contribution in [1.82, 2.24) is 9.80 Å². The summed E-state index contributed by atoms with van der Waals surface area (Å²) in [6.45, 7) is 2.75. The van der Waals surface area contributed by atoms with Crippen LogP contribution in [-0.2, 0) is 16.0 Å². The van der Waals surface area contributed by atoms with Crippen LogP contribution in [-0.4, -0.2) is 47.8 Å². The molecule has 5 heteroatoms. The second-order valence-electron chi connectivity index (χ2n) is 7.06. The summed E-state index contributed by atoms with van der Waals surface area (Å²) < 4.78 is 0. The van der Waals surface area contributed by atoms with E-state index in [1.54, 1.807) is 11.3 Å². The summed E-state index contributed by atoms with van der Waals surface area (Å²) in [5, 5.41) is 2.01. The average Bonchev–Trinajstić information content (AvgIpc) is 3.13. The van der Waals surface area contributed by atoms with Crippen molar-refractivity contribution < 1.29 is 9.59 Å². The van der Waals surface area contributed by atoms with Crippen molar-refractivity contribution in [2.45, 2.75) is 51.4 Å². The van der Waals surface area contributed by atoms with Gasteiger partial charge in [0.1, 0.15) is 0 Å². The van der Waals surface area contributed by atoms with E-state index in [0.717, 1.165) is 17.2 Å². The lowest BCUT2D eigenvalue weighted by atomic mass is 9.86. The Kier molecular flexibility index (Phi) is 6.30. The fourth-order valence-electron chi connectivity index (χ4n) is 3.84. The first-order valence-electron chi connectivity index (χ1n) is 9.30. The van der Waals surface area contributed by atoms with E-state index in [1.807, 2.05) is 27.3 Å². The zero-order chi connectivity index (χ0) is 16.8. The van der Waals surface area contributed by atoms with Gasteiger partial charge in [-0.05, 0) is 23.8 Å². The number of hydrogen-bond donors (Lipinski definition) is 0. The summed E-state index contributed by atoms with van der Waals surface area (Å²) in [4.78, 5) is 29.7. The predicted octanol–water partition coefficient (Wildman–Crippen LogP) is 3.32. The van der Waals surface area contributed by atoms with Gasteiger partial charge in [-0.25, -0.2) is 0 Å². The number of rotatable bonds is 5. The number of amides is 2. The molecule has 0 bridgehead atoms. The van der Waals surface area contributed by atoms with E-state index in [0.29, 0.717) is 39.0 Å². The van der Waals surface area contributed by atoms with Gasteiger partial charge in [-0.15, -0.1) is 11.3 Å². The normalized spacial score (nSPS) is 19.5. The highest BCUT2D eigenvalue weighted by molar-refractivity contribution is 7.10. The predicted molar refractivity (Wildman–Crippen MR) is 97.0 cm³/mol. The molecular formula is C19H28N2O2S. The van der Waals surface area contributed by atoms with Gasteiger partial charge < -0.3 is 9.80 Å². The van der Waals surface area contributed by atoms with Gasteiger partial charge in [-0.3, -0.25) is 9.59 Å². The molecule has 2 heterocycles. The highest BCUT2D eigenvalue weighted by atomic mass is 32.1. The molecule has 4 nitrogen and oxygen atoms in total. The van der Waals surface area contributed by atoms with E-state index in [4.69, 9.17) is 0 Å². The molecule has 0 aromatic carbocycles. The number of nitrogens with zero attached hydrogens (tertiary/aromatic N) is 2. The third-order valence-electron chi connectivity index (χ3n) is 5.38. The van der Waals surface area contributed by atoms with Crippen LogP contribution in [0.5, 0.6) is 0 Å². The Morgan fingerprint density at radius 1 is 1.00 bits per heavy atom. The minimum Gasteiger partial charge on any atom is -0.339 e. The Hall–Kier alpha value is -1.36. The van der Waals surface area contributed by atoms with Crippen LogP contribution in [0.25, 0.3) is 0 Å². The lowest BCUT2D eigenvalue weighted by Crippen LogP contribution is -2.51. The number of hydrogen-bond acceptors (Lipinski definition) is 3. The summed E-state index contributed by atoms with van der Waals surface area (Å²) in [7, 11) is 0. The van der Waals surface area contributed by atoms with Gasteiger partial charge in [-0.1, -0.05) is 38.2 Å². The van der Waals surface area contributed by atoms with Crippen LogP contribution < -0.4 is 0 Å². The molecule has 132 valence electrons. The van der Waals surface area contributed by atoms with E-state index < -0.39 is 0 Å². The maximum absolute atomic E-state index is 12.4. The van der Waals surface area contributed by atoms with Crippen LogP contribution in [0.4, 0.5) is 0 Å². The minimum atomic E-state index is 0.187. The molecule has 0 unspecified atom stereocenters. The Balaban J connectivity index is 1.37. The van der Waals surface area contributed by atoms with Crippen molar-refractivity contribution in [1.29, 1.82) is 0 Å². The maximum atomic E-state index is 12.4. The Morgan fingerprint density at radius 3 is 2.29 bits per heavy atom. The zero-order valence-electron chi connectivity index (χ0n) is 14.4. The molecule has 1 aromatic rings. The minimum absolute atomic E-state index is 0.187. The highest BCUT2D eigenvalue weighted by Crippen LogP contribution is 2.27. The topological polar surface area (TPSA) is 40.6 Å².